The molecule has 0 aliphatic carbocycles. The van der Waals surface area contributed by atoms with E-state index in [4.69, 9.17) is 11.5 Å². The number of aryl methyl sites for hydroxylation is 1. The SMILES string of the molecule is Cc1nc(N)nc(N)c1-c1cccs1. The van der Waals surface area contributed by atoms with E-state index in [0.29, 0.717) is 5.82 Å². The molecule has 0 aromatic carbocycles. The van der Waals surface area contributed by atoms with Crippen molar-refractivity contribution in [2.24, 2.45) is 0 Å². The molecule has 2 rings (SSSR count). The summed E-state index contributed by atoms with van der Waals surface area (Å²) in [4.78, 5) is 9.09. The zero-order valence-electron chi connectivity index (χ0n) is 7.69. The molecule has 72 valence electrons. The second kappa shape index (κ2) is 3.26. The van der Waals surface area contributed by atoms with Gasteiger partial charge in [0.2, 0.25) is 5.95 Å². The average Bonchev–Trinajstić information content (AvgIpc) is 2.54. The molecule has 2 aromatic heterocycles. The zero-order chi connectivity index (χ0) is 10.1. The van der Waals surface area contributed by atoms with Crippen molar-refractivity contribution >= 4 is 23.1 Å². The van der Waals surface area contributed by atoms with Gasteiger partial charge in [-0.1, -0.05) is 6.07 Å². The molecule has 0 amide bonds. The van der Waals surface area contributed by atoms with Gasteiger partial charge in [-0.3, -0.25) is 0 Å². The third kappa shape index (κ3) is 1.42. The predicted molar refractivity (Wildman–Crippen MR) is 58.9 cm³/mol. The van der Waals surface area contributed by atoms with Crippen LogP contribution in [-0.4, -0.2) is 9.97 Å². The summed E-state index contributed by atoms with van der Waals surface area (Å²) in [5, 5.41) is 1.99. The van der Waals surface area contributed by atoms with Crippen LogP contribution in [0.5, 0.6) is 0 Å². The first kappa shape index (κ1) is 8.96. The molecular formula is C9H10N4S. The minimum atomic E-state index is 0.223. The molecule has 0 fully saturated rings. The molecular weight excluding hydrogens is 196 g/mol. The summed E-state index contributed by atoms with van der Waals surface area (Å²) < 4.78 is 0. The molecule has 2 aromatic rings. The number of hydrogen-bond acceptors (Lipinski definition) is 5. The van der Waals surface area contributed by atoms with E-state index in [1.807, 2.05) is 24.4 Å². The van der Waals surface area contributed by atoms with Gasteiger partial charge in [-0.05, 0) is 18.4 Å². The first-order valence-corrected chi connectivity index (χ1v) is 5.00. The van der Waals surface area contributed by atoms with Crippen LogP contribution in [0.2, 0.25) is 0 Å². The molecule has 4 N–H and O–H groups in total. The van der Waals surface area contributed by atoms with Crippen molar-refractivity contribution in [3.8, 4) is 10.4 Å². The maximum absolute atomic E-state index is 5.79. The summed E-state index contributed by atoms with van der Waals surface area (Å²) in [6, 6.07) is 3.96. The molecule has 5 heteroatoms. The summed E-state index contributed by atoms with van der Waals surface area (Å²) in [7, 11) is 0. The van der Waals surface area contributed by atoms with Crippen LogP contribution in [0.3, 0.4) is 0 Å². The van der Waals surface area contributed by atoms with Gasteiger partial charge in [-0.25, -0.2) is 4.98 Å². The third-order valence-corrected chi connectivity index (χ3v) is 2.79. The summed E-state index contributed by atoms with van der Waals surface area (Å²) >= 11 is 1.61. The lowest BCUT2D eigenvalue weighted by Crippen LogP contribution is -2.03. The Kier molecular flexibility index (Phi) is 2.09. The quantitative estimate of drug-likeness (QED) is 0.744. The number of thiophene rings is 1. The number of nitrogen functional groups attached to an aromatic ring is 2. The van der Waals surface area contributed by atoms with Gasteiger partial charge in [-0.2, -0.15) is 4.98 Å². The number of aromatic nitrogens is 2. The van der Waals surface area contributed by atoms with Crippen molar-refractivity contribution in [2.75, 3.05) is 11.5 Å². The lowest BCUT2D eigenvalue weighted by atomic mass is 10.2. The van der Waals surface area contributed by atoms with Crippen LogP contribution < -0.4 is 11.5 Å². The van der Waals surface area contributed by atoms with E-state index in [1.165, 1.54) is 0 Å². The fraction of sp³-hybridized carbons (Fsp3) is 0.111. The van der Waals surface area contributed by atoms with Crippen molar-refractivity contribution in [1.82, 2.24) is 9.97 Å². The molecule has 2 heterocycles. The van der Waals surface area contributed by atoms with E-state index in [2.05, 4.69) is 9.97 Å². The van der Waals surface area contributed by atoms with E-state index in [-0.39, 0.29) is 5.95 Å². The van der Waals surface area contributed by atoms with Crippen LogP contribution in [-0.2, 0) is 0 Å². The highest BCUT2D eigenvalue weighted by molar-refractivity contribution is 7.13. The molecule has 0 saturated carbocycles. The molecule has 0 atom stereocenters. The maximum Gasteiger partial charge on any atom is 0.222 e. The van der Waals surface area contributed by atoms with E-state index in [9.17, 15) is 0 Å². The molecule has 0 spiro atoms. The van der Waals surface area contributed by atoms with Crippen molar-refractivity contribution in [3.05, 3.63) is 23.2 Å². The van der Waals surface area contributed by atoms with Gasteiger partial charge in [0.05, 0.1) is 11.3 Å². The second-order valence-corrected chi connectivity index (χ2v) is 3.85. The van der Waals surface area contributed by atoms with Crippen LogP contribution in [0.15, 0.2) is 17.5 Å². The van der Waals surface area contributed by atoms with Gasteiger partial charge in [0.25, 0.3) is 0 Å². The molecule has 4 nitrogen and oxygen atoms in total. The average molecular weight is 206 g/mol. The zero-order valence-corrected chi connectivity index (χ0v) is 8.51. The summed E-state index contributed by atoms with van der Waals surface area (Å²) in [6.45, 7) is 1.88. The molecule has 0 radical (unpaired) electrons. The highest BCUT2D eigenvalue weighted by atomic mass is 32.1. The number of rotatable bonds is 1. The van der Waals surface area contributed by atoms with Crippen molar-refractivity contribution in [3.63, 3.8) is 0 Å². The smallest absolute Gasteiger partial charge is 0.222 e. The highest BCUT2D eigenvalue weighted by Crippen LogP contribution is 2.31. The van der Waals surface area contributed by atoms with Gasteiger partial charge < -0.3 is 11.5 Å². The lowest BCUT2D eigenvalue weighted by Gasteiger charge is -2.06. The summed E-state index contributed by atoms with van der Waals surface area (Å²) in [5.41, 5.74) is 13.0. The molecule has 0 bridgehead atoms. The van der Waals surface area contributed by atoms with Crippen LogP contribution in [0.4, 0.5) is 11.8 Å². The Balaban J connectivity index is 2.64. The van der Waals surface area contributed by atoms with Gasteiger partial charge in [0.1, 0.15) is 5.82 Å². The Morgan fingerprint density at radius 3 is 2.64 bits per heavy atom. The summed E-state index contributed by atoms with van der Waals surface area (Å²) in [5.74, 6) is 0.665. The standard InChI is InChI=1S/C9H10N4S/c1-5-7(6-3-2-4-14-6)8(10)13-9(11)12-5/h2-4H,1H3,(H4,10,11,12,13). The van der Waals surface area contributed by atoms with Crippen LogP contribution in [0.25, 0.3) is 10.4 Å². The number of nitrogens with two attached hydrogens (primary N) is 2. The van der Waals surface area contributed by atoms with Gasteiger partial charge in [0, 0.05) is 4.88 Å². The fourth-order valence-corrected chi connectivity index (χ4v) is 2.17. The monoisotopic (exact) mass is 206 g/mol. The first-order chi connectivity index (χ1) is 6.68. The summed E-state index contributed by atoms with van der Waals surface area (Å²) in [6.07, 6.45) is 0. The van der Waals surface area contributed by atoms with E-state index < -0.39 is 0 Å². The van der Waals surface area contributed by atoms with Crippen molar-refractivity contribution < 1.29 is 0 Å². The molecule has 0 aliphatic rings. The topological polar surface area (TPSA) is 77.8 Å². The third-order valence-electron chi connectivity index (χ3n) is 1.90. The van der Waals surface area contributed by atoms with Crippen molar-refractivity contribution in [2.45, 2.75) is 6.92 Å². The number of anilines is 2. The minimum absolute atomic E-state index is 0.223. The molecule has 0 saturated heterocycles. The molecule has 14 heavy (non-hydrogen) atoms. The van der Waals surface area contributed by atoms with E-state index >= 15 is 0 Å². The van der Waals surface area contributed by atoms with Crippen molar-refractivity contribution in [1.29, 1.82) is 0 Å². The second-order valence-electron chi connectivity index (χ2n) is 2.90. The highest BCUT2D eigenvalue weighted by Gasteiger charge is 2.10. The van der Waals surface area contributed by atoms with E-state index in [0.717, 1.165) is 16.1 Å². The van der Waals surface area contributed by atoms with Gasteiger partial charge in [0.15, 0.2) is 0 Å². The largest absolute Gasteiger partial charge is 0.383 e. The Morgan fingerprint density at radius 1 is 1.29 bits per heavy atom. The van der Waals surface area contributed by atoms with E-state index in [1.54, 1.807) is 11.3 Å². The van der Waals surface area contributed by atoms with Crippen LogP contribution in [0, 0.1) is 6.92 Å². The molecule has 0 unspecified atom stereocenters. The maximum atomic E-state index is 5.79. The molecule has 0 aliphatic heterocycles. The first-order valence-electron chi connectivity index (χ1n) is 4.12. The van der Waals surface area contributed by atoms with Gasteiger partial charge in [-0.15, -0.1) is 11.3 Å². The van der Waals surface area contributed by atoms with Crippen LogP contribution >= 0.6 is 11.3 Å². The lowest BCUT2D eigenvalue weighted by molar-refractivity contribution is 1.13. The fourth-order valence-electron chi connectivity index (χ4n) is 1.34. The Hall–Kier alpha value is -1.62. The predicted octanol–water partition coefficient (Wildman–Crippen LogP) is 1.68. The number of nitrogens with zero attached hydrogens (tertiary/aromatic N) is 2. The Labute approximate surface area is 85.6 Å². The Bertz CT molecular complexity index is 427. The van der Waals surface area contributed by atoms with Crippen LogP contribution in [0.1, 0.15) is 5.69 Å². The number of hydrogen-bond donors (Lipinski definition) is 2. The van der Waals surface area contributed by atoms with Gasteiger partial charge >= 0.3 is 0 Å². The normalized spacial score (nSPS) is 10.4. The minimum Gasteiger partial charge on any atom is -0.383 e. The Morgan fingerprint density at radius 2 is 2.07 bits per heavy atom.